The number of rotatable bonds is 4. The van der Waals surface area contributed by atoms with Gasteiger partial charge in [0.1, 0.15) is 17.5 Å². The van der Waals surface area contributed by atoms with Crippen LogP contribution in [0.25, 0.3) is 0 Å². The second-order valence-electron chi connectivity index (χ2n) is 4.60. The zero-order valence-corrected chi connectivity index (χ0v) is 11.5. The van der Waals surface area contributed by atoms with E-state index in [0.29, 0.717) is 18.2 Å². The molecule has 0 radical (unpaired) electrons. The number of benzene rings is 1. The lowest BCUT2D eigenvalue weighted by Crippen LogP contribution is -2.14. The summed E-state index contributed by atoms with van der Waals surface area (Å²) in [4.78, 5) is 16.2. The molecule has 2 rings (SSSR count). The molecule has 0 fully saturated rings. The average molecular weight is 291 g/mol. The molecule has 0 atom stereocenters. The molecule has 0 bridgehead atoms. The summed E-state index contributed by atoms with van der Waals surface area (Å²) in [5.41, 5.74) is 6.55. The number of hydrogen-bond donors (Lipinski definition) is 2. The normalized spacial score (nSPS) is 10.4. The molecule has 6 heteroatoms. The van der Waals surface area contributed by atoms with E-state index in [1.54, 1.807) is 6.07 Å². The highest BCUT2D eigenvalue weighted by Crippen LogP contribution is 2.17. The van der Waals surface area contributed by atoms with E-state index in [0.717, 1.165) is 12.5 Å². The SMILES string of the molecule is CCCc1cc(C(=O)Nc2ccc(F)cc2F)cc(N)n1. The van der Waals surface area contributed by atoms with Crippen molar-refractivity contribution in [3.8, 4) is 0 Å². The highest BCUT2D eigenvalue weighted by Gasteiger charge is 2.12. The van der Waals surface area contributed by atoms with Gasteiger partial charge in [0.05, 0.1) is 5.69 Å². The van der Waals surface area contributed by atoms with Gasteiger partial charge in [0, 0.05) is 17.3 Å². The summed E-state index contributed by atoms with van der Waals surface area (Å²) in [6.07, 6.45) is 1.56. The van der Waals surface area contributed by atoms with Gasteiger partial charge in [0.25, 0.3) is 5.91 Å². The quantitative estimate of drug-likeness (QED) is 0.909. The van der Waals surface area contributed by atoms with Crippen LogP contribution in [0.5, 0.6) is 0 Å². The molecular formula is C15H15F2N3O. The molecule has 0 aliphatic rings. The van der Waals surface area contributed by atoms with Gasteiger partial charge in [-0.3, -0.25) is 4.79 Å². The first-order valence-electron chi connectivity index (χ1n) is 6.52. The van der Waals surface area contributed by atoms with E-state index in [1.165, 1.54) is 12.1 Å². The standard InChI is InChI=1S/C15H15F2N3O/c1-2-3-11-6-9(7-14(18)19-11)15(21)20-13-5-4-10(16)8-12(13)17/h4-8H,2-3H2,1H3,(H2,18,19)(H,20,21). The predicted molar refractivity (Wildman–Crippen MR) is 77.0 cm³/mol. The summed E-state index contributed by atoms with van der Waals surface area (Å²) in [5, 5.41) is 2.39. The van der Waals surface area contributed by atoms with Crippen molar-refractivity contribution in [1.29, 1.82) is 0 Å². The third-order valence-corrected chi connectivity index (χ3v) is 2.85. The Bertz CT molecular complexity index is 674. The van der Waals surface area contributed by atoms with Crippen LogP contribution in [0.2, 0.25) is 0 Å². The first-order valence-corrected chi connectivity index (χ1v) is 6.52. The Kier molecular flexibility index (Phi) is 4.47. The van der Waals surface area contributed by atoms with E-state index in [1.807, 2.05) is 6.92 Å². The number of carbonyl (C=O) groups is 1. The average Bonchev–Trinajstić information content (AvgIpc) is 2.41. The highest BCUT2D eigenvalue weighted by atomic mass is 19.1. The highest BCUT2D eigenvalue weighted by molar-refractivity contribution is 6.04. The fourth-order valence-corrected chi connectivity index (χ4v) is 1.91. The van der Waals surface area contributed by atoms with Gasteiger partial charge in [-0.2, -0.15) is 0 Å². The number of halogens is 2. The van der Waals surface area contributed by atoms with E-state index in [2.05, 4.69) is 10.3 Å². The largest absolute Gasteiger partial charge is 0.384 e. The lowest BCUT2D eigenvalue weighted by Gasteiger charge is -2.08. The molecule has 2 aromatic rings. The number of pyridine rings is 1. The van der Waals surface area contributed by atoms with Crippen LogP contribution in [0.4, 0.5) is 20.3 Å². The Balaban J connectivity index is 2.23. The lowest BCUT2D eigenvalue weighted by atomic mass is 10.1. The van der Waals surface area contributed by atoms with Crippen LogP contribution in [-0.2, 0) is 6.42 Å². The molecule has 1 aromatic heterocycles. The number of nitrogens with one attached hydrogen (secondary N) is 1. The Hall–Kier alpha value is -2.50. The van der Waals surface area contributed by atoms with Gasteiger partial charge < -0.3 is 11.1 Å². The maximum atomic E-state index is 13.5. The Morgan fingerprint density at radius 2 is 2.05 bits per heavy atom. The summed E-state index contributed by atoms with van der Waals surface area (Å²) < 4.78 is 26.3. The van der Waals surface area contributed by atoms with Crippen molar-refractivity contribution in [2.75, 3.05) is 11.1 Å². The molecule has 110 valence electrons. The van der Waals surface area contributed by atoms with E-state index in [4.69, 9.17) is 5.73 Å². The monoisotopic (exact) mass is 291 g/mol. The van der Waals surface area contributed by atoms with Crippen molar-refractivity contribution in [1.82, 2.24) is 4.98 Å². The number of amides is 1. The molecule has 0 saturated carbocycles. The predicted octanol–water partition coefficient (Wildman–Crippen LogP) is 3.15. The number of aryl methyl sites for hydroxylation is 1. The zero-order valence-electron chi connectivity index (χ0n) is 11.5. The number of nitrogen functional groups attached to an aromatic ring is 1. The smallest absolute Gasteiger partial charge is 0.255 e. The topological polar surface area (TPSA) is 68.0 Å². The number of nitrogens with two attached hydrogens (primary N) is 1. The molecule has 1 aromatic carbocycles. The van der Waals surface area contributed by atoms with Gasteiger partial charge in [-0.15, -0.1) is 0 Å². The molecule has 1 heterocycles. The van der Waals surface area contributed by atoms with Crippen molar-refractivity contribution in [2.24, 2.45) is 0 Å². The first-order chi connectivity index (χ1) is 9.99. The third kappa shape index (κ3) is 3.75. The maximum Gasteiger partial charge on any atom is 0.255 e. The van der Waals surface area contributed by atoms with Gasteiger partial charge in [-0.05, 0) is 30.7 Å². The lowest BCUT2D eigenvalue weighted by molar-refractivity contribution is 0.102. The minimum Gasteiger partial charge on any atom is -0.384 e. The van der Waals surface area contributed by atoms with Crippen LogP contribution in [-0.4, -0.2) is 10.9 Å². The van der Waals surface area contributed by atoms with Gasteiger partial charge in [-0.25, -0.2) is 13.8 Å². The summed E-state index contributed by atoms with van der Waals surface area (Å²) in [5.74, 6) is -1.83. The zero-order chi connectivity index (χ0) is 15.4. The van der Waals surface area contributed by atoms with Crippen LogP contribution < -0.4 is 11.1 Å². The summed E-state index contributed by atoms with van der Waals surface area (Å²) in [6.45, 7) is 1.98. The van der Waals surface area contributed by atoms with E-state index >= 15 is 0 Å². The number of aromatic nitrogens is 1. The van der Waals surface area contributed by atoms with E-state index < -0.39 is 17.5 Å². The summed E-state index contributed by atoms with van der Waals surface area (Å²) >= 11 is 0. The minimum atomic E-state index is -0.834. The Morgan fingerprint density at radius 1 is 1.29 bits per heavy atom. The van der Waals surface area contributed by atoms with Crippen LogP contribution in [0.1, 0.15) is 29.4 Å². The van der Waals surface area contributed by atoms with Crippen LogP contribution >= 0.6 is 0 Å². The van der Waals surface area contributed by atoms with Crippen LogP contribution in [0.3, 0.4) is 0 Å². The van der Waals surface area contributed by atoms with Crippen molar-refractivity contribution >= 4 is 17.4 Å². The molecule has 0 aliphatic carbocycles. The van der Waals surface area contributed by atoms with Gasteiger partial charge in [0.15, 0.2) is 0 Å². The first kappa shape index (κ1) is 14.9. The summed E-state index contributed by atoms with van der Waals surface area (Å²) in [6, 6.07) is 5.97. The number of carbonyl (C=O) groups excluding carboxylic acids is 1. The number of nitrogens with zero attached hydrogens (tertiary/aromatic N) is 1. The van der Waals surface area contributed by atoms with Crippen molar-refractivity contribution in [3.63, 3.8) is 0 Å². The second-order valence-corrected chi connectivity index (χ2v) is 4.60. The second kappa shape index (κ2) is 6.30. The fourth-order valence-electron chi connectivity index (χ4n) is 1.91. The molecule has 0 saturated heterocycles. The van der Waals surface area contributed by atoms with Crippen LogP contribution in [0.15, 0.2) is 30.3 Å². The third-order valence-electron chi connectivity index (χ3n) is 2.85. The molecule has 0 spiro atoms. The van der Waals surface area contributed by atoms with Crippen LogP contribution in [0, 0.1) is 11.6 Å². The van der Waals surface area contributed by atoms with Crippen molar-refractivity contribution < 1.29 is 13.6 Å². The van der Waals surface area contributed by atoms with Gasteiger partial charge >= 0.3 is 0 Å². The summed E-state index contributed by atoms with van der Waals surface area (Å²) in [7, 11) is 0. The number of anilines is 2. The molecule has 0 aliphatic heterocycles. The number of hydrogen-bond acceptors (Lipinski definition) is 3. The van der Waals surface area contributed by atoms with Crippen molar-refractivity contribution in [2.45, 2.75) is 19.8 Å². The Morgan fingerprint density at radius 3 is 2.71 bits per heavy atom. The molecule has 1 amide bonds. The van der Waals surface area contributed by atoms with Crippen molar-refractivity contribution in [3.05, 3.63) is 53.2 Å². The van der Waals surface area contributed by atoms with Gasteiger partial charge in [-0.1, -0.05) is 13.3 Å². The molecular weight excluding hydrogens is 276 g/mol. The molecule has 0 unspecified atom stereocenters. The molecule has 3 N–H and O–H groups in total. The van der Waals surface area contributed by atoms with Gasteiger partial charge in [0.2, 0.25) is 0 Å². The minimum absolute atomic E-state index is 0.0891. The maximum absolute atomic E-state index is 13.5. The Labute approximate surface area is 121 Å². The molecule has 4 nitrogen and oxygen atoms in total. The fraction of sp³-hybridized carbons (Fsp3) is 0.200. The van der Waals surface area contributed by atoms with E-state index in [9.17, 15) is 13.6 Å². The molecule has 21 heavy (non-hydrogen) atoms. The van der Waals surface area contributed by atoms with E-state index in [-0.39, 0.29) is 17.1 Å².